The molecule has 2 N–H and O–H groups in total. The number of likely N-dealkylation sites (N-methyl/N-ethyl adjacent to an activating group) is 1. The van der Waals surface area contributed by atoms with E-state index in [9.17, 15) is 27.2 Å². The summed E-state index contributed by atoms with van der Waals surface area (Å²) in [5, 5.41) is 12.5. The summed E-state index contributed by atoms with van der Waals surface area (Å²) >= 11 is 0. The fraction of sp³-hybridized carbons (Fsp3) is 0.316. The Hall–Kier alpha value is -3.77. The largest absolute Gasteiger partial charge is 0.435 e. The Morgan fingerprint density at radius 3 is 2.69 bits per heavy atom. The van der Waals surface area contributed by atoms with Gasteiger partial charge in [-0.25, -0.2) is 14.1 Å². The summed E-state index contributed by atoms with van der Waals surface area (Å²) in [6.45, 7) is -0.00372. The van der Waals surface area contributed by atoms with Crippen molar-refractivity contribution in [1.29, 1.82) is 0 Å². The molecule has 0 bridgehead atoms. The summed E-state index contributed by atoms with van der Waals surface area (Å²) in [7, 11) is 1.31. The number of nitrogens with one attached hydrogen (secondary N) is 2. The zero-order valence-electron chi connectivity index (χ0n) is 16.6. The minimum absolute atomic E-state index is 0.00372. The fourth-order valence-corrected chi connectivity index (χ4v) is 3.33. The number of hydrogen-bond acceptors (Lipinski definition) is 5. The summed E-state index contributed by atoms with van der Waals surface area (Å²) < 4.78 is 52.9. The maximum absolute atomic E-state index is 13.0. The van der Waals surface area contributed by atoms with E-state index in [4.69, 9.17) is 0 Å². The SMILES string of the molecule is CN1C(=O)[C@@H](NC(=O)c2n[nH]c(Cc3ccc(F)cc3)n2)CCn2nc(C(F)(F)F)cc21. The van der Waals surface area contributed by atoms with Crippen LogP contribution in [0.3, 0.4) is 0 Å². The molecule has 0 unspecified atom stereocenters. The Morgan fingerprint density at radius 1 is 1.28 bits per heavy atom. The molecule has 1 atom stereocenters. The monoisotopic (exact) mass is 451 g/mol. The van der Waals surface area contributed by atoms with Gasteiger partial charge in [-0.2, -0.15) is 18.3 Å². The van der Waals surface area contributed by atoms with E-state index in [1.807, 2.05) is 0 Å². The Morgan fingerprint density at radius 2 is 2.00 bits per heavy atom. The number of aromatic amines is 1. The highest BCUT2D eigenvalue weighted by Crippen LogP contribution is 2.32. The summed E-state index contributed by atoms with van der Waals surface area (Å²) in [5.41, 5.74) is -0.341. The van der Waals surface area contributed by atoms with Crippen LogP contribution in [0.15, 0.2) is 30.3 Å². The number of nitrogens with zero attached hydrogens (tertiary/aromatic N) is 5. The lowest BCUT2D eigenvalue weighted by Crippen LogP contribution is -2.47. The van der Waals surface area contributed by atoms with Crippen molar-refractivity contribution in [3.05, 3.63) is 59.1 Å². The van der Waals surface area contributed by atoms with E-state index < -0.39 is 29.7 Å². The highest BCUT2D eigenvalue weighted by molar-refractivity contribution is 6.00. The van der Waals surface area contributed by atoms with Gasteiger partial charge in [-0.1, -0.05) is 12.1 Å². The molecule has 0 aliphatic carbocycles. The number of carbonyl (C=O) groups is 2. The molecule has 0 fully saturated rings. The van der Waals surface area contributed by atoms with Crippen LogP contribution in [0.25, 0.3) is 0 Å². The Bertz CT molecular complexity index is 1150. The molecule has 2 aromatic heterocycles. The van der Waals surface area contributed by atoms with Crippen LogP contribution in [0.5, 0.6) is 0 Å². The summed E-state index contributed by atoms with van der Waals surface area (Å²) in [4.78, 5) is 30.4. The Labute approximate surface area is 178 Å². The van der Waals surface area contributed by atoms with Gasteiger partial charge in [0.1, 0.15) is 23.5 Å². The number of alkyl halides is 3. The molecule has 32 heavy (non-hydrogen) atoms. The van der Waals surface area contributed by atoms with Crippen LogP contribution in [-0.4, -0.2) is 49.9 Å². The van der Waals surface area contributed by atoms with E-state index in [-0.39, 0.29) is 36.8 Å². The van der Waals surface area contributed by atoms with Crippen molar-refractivity contribution in [2.24, 2.45) is 0 Å². The lowest BCUT2D eigenvalue weighted by Gasteiger charge is -2.19. The number of fused-ring (bicyclic) bond motifs is 1. The van der Waals surface area contributed by atoms with Crippen molar-refractivity contribution in [1.82, 2.24) is 30.3 Å². The van der Waals surface area contributed by atoms with Crippen molar-refractivity contribution < 1.29 is 27.2 Å². The molecule has 2 amide bonds. The second kappa shape index (κ2) is 8.05. The molecule has 0 spiro atoms. The minimum Gasteiger partial charge on any atom is -0.337 e. The van der Waals surface area contributed by atoms with E-state index in [1.165, 1.54) is 19.2 Å². The third-order valence-electron chi connectivity index (χ3n) is 4.98. The quantitative estimate of drug-likeness (QED) is 0.590. The number of anilines is 1. The fourth-order valence-electron chi connectivity index (χ4n) is 3.33. The average molecular weight is 451 g/mol. The highest BCUT2D eigenvalue weighted by Gasteiger charge is 2.38. The van der Waals surface area contributed by atoms with Gasteiger partial charge < -0.3 is 5.32 Å². The average Bonchev–Trinajstić information content (AvgIpc) is 3.36. The molecule has 0 radical (unpaired) electrons. The molecular formula is C19H17F4N7O2. The maximum atomic E-state index is 13.0. The van der Waals surface area contributed by atoms with Gasteiger partial charge in [-0.15, -0.1) is 5.10 Å². The highest BCUT2D eigenvalue weighted by atomic mass is 19.4. The predicted molar refractivity (Wildman–Crippen MR) is 102 cm³/mol. The normalized spacial score (nSPS) is 16.6. The van der Waals surface area contributed by atoms with Crippen molar-refractivity contribution in [2.75, 3.05) is 11.9 Å². The van der Waals surface area contributed by atoms with Crippen LogP contribution < -0.4 is 10.2 Å². The van der Waals surface area contributed by atoms with Crippen molar-refractivity contribution in [3.63, 3.8) is 0 Å². The lowest BCUT2D eigenvalue weighted by molar-refractivity contribution is -0.141. The standard InChI is InChI=1S/C19H17F4N7O2/c1-29-15-9-13(19(21,22)23)28-30(15)7-6-12(18(29)32)24-17(31)16-25-14(26-27-16)8-10-2-4-11(20)5-3-10/h2-5,9,12H,6-8H2,1H3,(H,24,31)(H,25,26,27)/t12-/m0/s1. The molecule has 3 heterocycles. The number of hydrogen-bond donors (Lipinski definition) is 2. The molecule has 0 saturated heterocycles. The van der Waals surface area contributed by atoms with Gasteiger partial charge in [0.2, 0.25) is 5.82 Å². The number of amides is 2. The number of halogens is 4. The first kappa shape index (κ1) is 21.5. The second-order valence-electron chi connectivity index (χ2n) is 7.23. The van der Waals surface area contributed by atoms with Crippen molar-refractivity contribution in [3.8, 4) is 0 Å². The summed E-state index contributed by atoms with van der Waals surface area (Å²) in [5.74, 6) is -1.52. The molecule has 3 aromatic rings. The van der Waals surface area contributed by atoms with Gasteiger partial charge in [0.15, 0.2) is 5.69 Å². The first-order valence-corrected chi connectivity index (χ1v) is 9.51. The van der Waals surface area contributed by atoms with E-state index in [0.29, 0.717) is 5.82 Å². The molecule has 168 valence electrons. The Balaban J connectivity index is 1.43. The Kier molecular flexibility index (Phi) is 5.40. The first-order chi connectivity index (χ1) is 15.1. The first-order valence-electron chi connectivity index (χ1n) is 9.51. The van der Waals surface area contributed by atoms with Crippen LogP contribution in [-0.2, 0) is 23.9 Å². The van der Waals surface area contributed by atoms with E-state index in [2.05, 4.69) is 25.6 Å². The molecule has 9 nitrogen and oxygen atoms in total. The zero-order chi connectivity index (χ0) is 23.0. The van der Waals surface area contributed by atoms with Gasteiger partial charge >= 0.3 is 6.18 Å². The third-order valence-corrected chi connectivity index (χ3v) is 4.98. The molecule has 1 aliphatic heterocycles. The third kappa shape index (κ3) is 4.31. The van der Waals surface area contributed by atoms with E-state index in [1.54, 1.807) is 12.1 Å². The molecule has 13 heteroatoms. The summed E-state index contributed by atoms with van der Waals surface area (Å²) in [6, 6.07) is 5.55. The molecule has 4 rings (SSSR count). The van der Waals surface area contributed by atoms with Gasteiger partial charge in [0.25, 0.3) is 11.8 Å². The number of carbonyl (C=O) groups excluding carboxylic acids is 2. The molecule has 0 saturated carbocycles. The number of aryl methyl sites for hydroxylation is 1. The number of H-pyrrole nitrogens is 1. The predicted octanol–water partition coefficient (Wildman–Crippen LogP) is 1.91. The smallest absolute Gasteiger partial charge is 0.337 e. The lowest BCUT2D eigenvalue weighted by atomic mass is 10.1. The van der Waals surface area contributed by atoms with Crippen LogP contribution in [0.4, 0.5) is 23.4 Å². The van der Waals surface area contributed by atoms with E-state index in [0.717, 1.165) is 21.2 Å². The minimum atomic E-state index is -4.63. The summed E-state index contributed by atoms with van der Waals surface area (Å²) in [6.07, 6.45) is -4.31. The number of rotatable bonds is 4. The zero-order valence-corrected chi connectivity index (χ0v) is 16.6. The van der Waals surface area contributed by atoms with Crippen molar-refractivity contribution in [2.45, 2.75) is 31.6 Å². The van der Waals surface area contributed by atoms with Crippen LogP contribution >= 0.6 is 0 Å². The van der Waals surface area contributed by atoms with E-state index >= 15 is 0 Å². The van der Waals surface area contributed by atoms with Crippen LogP contribution in [0, 0.1) is 5.82 Å². The molecule has 1 aromatic carbocycles. The topological polar surface area (TPSA) is 109 Å². The van der Waals surface area contributed by atoms with Gasteiger partial charge in [0.05, 0.1) is 0 Å². The van der Waals surface area contributed by atoms with Crippen LogP contribution in [0.2, 0.25) is 0 Å². The maximum Gasteiger partial charge on any atom is 0.435 e. The second-order valence-corrected chi connectivity index (χ2v) is 7.23. The van der Waals surface area contributed by atoms with Gasteiger partial charge in [0, 0.05) is 26.1 Å². The molecular weight excluding hydrogens is 434 g/mol. The van der Waals surface area contributed by atoms with Gasteiger partial charge in [-0.3, -0.25) is 19.6 Å². The number of aromatic nitrogens is 5. The van der Waals surface area contributed by atoms with Gasteiger partial charge in [-0.05, 0) is 24.1 Å². The number of benzene rings is 1. The van der Waals surface area contributed by atoms with Crippen molar-refractivity contribution >= 4 is 17.6 Å². The van der Waals surface area contributed by atoms with Crippen LogP contribution in [0.1, 0.15) is 34.1 Å². The molecule has 1 aliphatic rings.